The maximum Gasteiger partial charge on any atom is 0.328 e. The summed E-state index contributed by atoms with van der Waals surface area (Å²) in [4.78, 5) is 40.9. The molecule has 0 fully saturated rings. The zero-order valence-electron chi connectivity index (χ0n) is 13.2. The summed E-state index contributed by atoms with van der Waals surface area (Å²) in [5.74, 6) is -2.69. The Morgan fingerprint density at radius 2 is 1.78 bits per heavy atom. The molecular formula is C17H19NO5. The first-order valence-corrected chi connectivity index (χ1v) is 7.28. The first-order valence-electron chi connectivity index (χ1n) is 7.28. The Labute approximate surface area is 135 Å². The highest BCUT2D eigenvalue weighted by Gasteiger charge is 2.41. The van der Waals surface area contributed by atoms with E-state index in [0.717, 1.165) is 0 Å². The predicted molar refractivity (Wildman–Crippen MR) is 82.2 cm³/mol. The van der Waals surface area contributed by atoms with Crippen molar-refractivity contribution in [2.75, 3.05) is 13.2 Å². The van der Waals surface area contributed by atoms with Crippen LogP contribution < -0.4 is 0 Å². The molecule has 0 N–H and O–H groups in total. The number of nitrogens with zero attached hydrogens (tertiary/aromatic N) is 1. The second-order valence-corrected chi connectivity index (χ2v) is 4.55. The van der Waals surface area contributed by atoms with Crippen LogP contribution in [0.15, 0.2) is 24.4 Å². The van der Waals surface area contributed by atoms with Gasteiger partial charge >= 0.3 is 11.9 Å². The number of terminal acetylenes is 1. The van der Waals surface area contributed by atoms with Gasteiger partial charge in [0.05, 0.1) is 24.8 Å². The molecule has 0 saturated carbocycles. The van der Waals surface area contributed by atoms with E-state index in [9.17, 15) is 14.4 Å². The highest BCUT2D eigenvalue weighted by molar-refractivity contribution is 6.16. The minimum absolute atomic E-state index is 0.0190. The monoisotopic (exact) mass is 317 g/mol. The molecule has 1 aromatic heterocycles. The lowest BCUT2D eigenvalue weighted by Gasteiger charge is -2.18. The summed E-state index contributed by atoms with van der Waals surface area (Å²) in [6.07, 6.45) is 6.84. The van der Waals surface area contributed by atoms with Crippen LogP contribution in [0.2, 0.25) is 0 Å². The Bertz CT molecular complexity index is 573. The number of aromatic nitrogens is 1. The molecule has 0 bridgehead atoms. The quantitative estimate of drug-likeness (QED) is 0.410. The number of ether oxygens (including phenoxy) is 2. The SMILES string of the molecule is C#CCC(C(=O)C(C(=O)OCC)C(=O)OCC)c1ccccn1. The van der Waals surface area contributed by atoms with Crippen LogP contribution in [-0.4, -0.2) is 35.9 Å². The smallest absolute Gasteiger partial charge is 0.328 e. The van der Waals surface area contributed by atoms with Crippen molar-refractivity contribution < 1.29 is 23.9 Å². The summed E-state index contributed by atoms with van der Waals surface area (Å²) in [5.41, 5.74) is 0.397. The number of pyridine rings is 1. The Balaban J connectivity index is 3.16. The molecule has 23 heavy (non-hydrogen) atoms. The van der Waals surface area contributed by atoms with Gasteiger partial charge in [-0.2, -0.15) is 0 Å². The van der Waals surface area contributed by atoms with Crippen molar-refractivity contribution in [1.82, 2.24) is 4.98 Å². The second kappa shape index (κ2) is 9.36. The van der Waals surface area contributed by atoms with Gasteiger partial charge in [0.25, 0.3) is 0 Å². The van der Waals surface area contributed by atoms with Gasteiger partial charge < -0.3 is 9.47 Å². The number of carbonyl (C=O) groups is 3. The fraction of sp³-hybridized carbons (Fsp3) is 0.412. The number of esters is 2. The predicted octanol–water partition coefficient (Wildman–Crippen LogP) is 1.50. The van der Waals surface area contributed by atoms with Gasteiger partial charge in [0.2, 0.25) is 5.92 Å². The molecule has 6 heteroatoms. The fourth-order valence-electron chi connectivity index (χ4n) is 2.03. The third kappa shape index (κ3) is 4.92. The van der Waals surface area contributed by atoms with Crippen molar-refractivity contribution in [2.24, 2.45) is 5.92 Å². The summed E-state index contributed by atoms with van der Waals surface area (Å²) in [5, 5.41) is 0. The topological polar surface area (TPSA) is 82.6 Å². The molecule has 0 aliphatic heterocycles. The summed E-state index contributed by atoms with van der Waals surface area (Å²) >= 11 is 0. The van der Waals surface area contributed by atoms with E-state index in [1.807, 2.05) is 0 Å². The van der Waals surface area contributed by atoms with E-state index in [0.29, 0.717) is 5.69 Å². The molecule has 0 aromatic carbocycles. The molecule has 6 nitrogen and oxygen atoms in total. The molecule has 0 aliphatic rings. The van der Waals surface area contributed by atoms with E-state index in [1.165, 1.54) is 6.20 Å². The van der Waals surface area contributed by atoms with E-state index in [1.54, 1.807) is 32.0 Å². The maximum atomic E-state index is 12.7. The molecule has 0 aliphatic carbocycles. The molecule has 1 heterocycles. The normalized spacial score (nSPS) is 11.4. The van der Waals surface area contributed by atoms with Crippen LogP contribution in [0.4, 0.5) is 0 Å². The van der Waals surface area contributed by atoms with Gasteiger partial charge in [-0.3, -0.25) is 19.4 Å². The van der Waals surface area contributed by atoms with E-state index >= 15 is 0 Å². The van der Waals surface area contributed by atoms with Gasteiger partial charge in [-0.05, 0) is 26.0 Å². The second-order valence-electron chi connectivity index (χ2n) is 4.55. The average molecular weight is 317 g/mol. The summed E-state index contributed by atoms with van der Waals surface area (Å²) in [6.45, 7) is 3.27. The van der Waals surface area contributed by atoms with Crippen LogP contribution in [0.1, 0.15) is 31.9 Å². The van der Waals surface area contributed by atoms with E-state index in [4.69, 9.17) is 15.9 Å². The fourth-order valence-corrected chi connectivity index (χ4v) is 2.03. The van der Waals surface area contributed by atoms with Gasteiger partial charge in [-0.1, -0.05) is 6.07 Å². The molecule has 1 atom stereocenters. The molecule has 0 spiro atoms. The zero-order chi connectivity index (χ0) is 17.2. The number of carbonyl (C=O) groups excluding carboxylic acids is 3. The first kappa shape index (κ1) is 18.4. The van der Waals surface area contributed by atoms with E-state index in [-0.39, 0.29) is 19.6 Å². The largest absolute Gasteiger partial charge is 0.465 e. The van der Waals surface area contributed by atoms with Gasteiger partial charge in [-0.15, -0.1) is 12.3 Å². The standard InChI is InChI=1S/C17H19NO5/c1-4-9-12(13-10-7-8-11-18-13)15(19)14(16(20)22-5-2)17(21)23-6-3/h1,7-8,10-12,14H,5-6,9H2,2-3H3. The Morgan fingerprint density at radius 1 is 1.17 bits per heavy atom. The van der Waals surface area contributed by atoms with Crippen LogP contribution in [0.3, 0.4) is 0 Å². The van der Waals surface area contributed by atoms with Gasteiger partial charge in [0.15, 0.2) is 5.78 Å². The number of ketones is 1. The third-order valence-corrected chi connectivity index (χ3v) is 3.04. The van der Waals surface area contributed by atoms with Crippen molar-refractivity contribution in [3.8, 4) is 12.3 Å². The minimum atomic E-state index is -1.66. The van der Waals surface area contributed by atoms with Crippen LogP contribution >= 0.6 is 0 Å². The third-order valence-electron chi connectivity index (χ3n) is 3.04. The Hall–Kier alpha value is -2.68. The summed E-state index contributed by atoms with van der Waals surface area (Å²) < 4.78 is 9.65. The van der Waals surface area contributed by atoms with Crippen LogP contribution in [0.5, 0.6) is 0 Å². The lowest BCUT2D eigenvalue weighted by atomic mass is 9.87. The van der Waals surface area contributed by atoms with Gasteiger partial charge in [0.1, 0.15) is 0 Å². The van der Waals surface area contributed by atoms with Gasteiger partial charge in [0, 0.05) is 12.6 Å². The number of hydrogen-bond donors (Lipinski definition) is 0. The lowest BCUT2D eigenvalue weighted by molar-refractivity contribution is -0.164. The summed E-state index contributed by atoms with van der Waals surface area (Å²) in [7, 11) is 0. The molecule has 122 valence electrons. The lowest BCUT2D eigenvalue weighted by Crippen LogP contribution is -2.38. The number of rotatable bonds is 8. The van der Waals surface area contributed by atoms with Crippen LogP contribution in [-0.2, 0) is 23.9 Å². The van der Waals surface area contributed by atoms with Crippen molar-refractivity contribution in [3.05, 3.63) is 30.1 Å². The molecule has 1 aromatic rings. The molecule has 0 saturated heterocycles. The maximum absolute atomic E-state index is 12.7. The van der Waals surface area contributed by atoms with Crippen molar-refractivity contribution in [3.63, 3.8) is 0 Å². The van der Waals surface area contributed by atoms with E-state index in [2.05, 4.69) is 10.9 Å². The Kier molecular flexibility index (Phi) is 7.48. The average Bonchev–Trinajstić information content (AvgIpc) is 2.54. The highest BCUT2D eigenvalue weighted by Crippen LogP contribution is 2.23. The van der Waals surface area contributed by atoms with Crippen LogP contribution in [0, 0.1) is 18.3 Å². The molecular weight excluding hydrogens is 298 g/mol. The number of Topliss-reactive ketones (excluding diaryl/α,β-unsaturated/α-hetero) is 1. The molecule has 0 amide bonds. The molecule has 1 rings (SSSR count). The highest BCUT2D eigenvalue weighted by atomic mass is 16.6. The van der Waals surface area contributed by atoms with Crippen molar-refractivity contribution in [1.29, 1.82) is 0 Å². The van der Waals surface area contributed by atoms with Gasteiger partial charge in [-0.25, -0.2) is 0 Å². The Morgan fingerprint density at radius 3 is 2.22 bits per heavy atom. The number of hydrogen-bond acceptors (Lipinski definition) is 6. The first-order chi connectivity index (χ1) is 11.1. The molecule has 0 radical (unpaired) electrons. The summed E-state index contributed by atoms with van der Waals surface area (Å²) in [6, 6.07) is 5.01. The minimum Gasteiger partial charge on any atom is -0.465 e. The molecule has 1 unspecified atom stereocenters. The zero-order valence-corrected chi connectivity index (χ0v) is 13.2. The van der Waals surface area contributed by atoms with Crippen LogP contribution in [0.25, 0.3) is 0 Å². The van der Waals surface area contributed by atoms with Crippen molar-refractivity contribution >= 4 is 17.7 Å². The van der Waals surface area contributed by atoms with Crippen molar-refractivity contribution in [2.45, 2.75) is 26.2 Å². The van der Waals surface area contributed by atoms with E-state index < -0.39 is 29.6 Å².